The summed E-state index contributed by atoms with van der Waals surface area (Å²) in [6.45, 7) is 4.17. The predicted molar refractivity (Wildman–Crippen MR) is 115 cm³/mol. The van der Waals surface area contributed by atoms with Gasteiger partial charge in [0.05, 0.1) is 17.1 Å². The Morgan fingerprint density at radius 1 is 1.03 bits per heavy atom. The van der Waals surface area contributed by atoms with Gasteiger partial charge in [-0.05, 0) is 61.4 Å². The first-order chi connectivity index (χ1) is 14.0. The minimum atomic E-state index is 0.0580. The molecular weight excluding hydrogens is 382 g/mol. The van der Waals surface area contributed by atoms with Gasteiger partial charge in [0, 0.05) is 31.2 Å². The van der Waals surface area contributed by atoms with Crippen molar-refractivity contribution in [3.05, 3.63) is 77.9 Å². The van der Waals surface area contributed by atoms with Gasteiger partial charge in [-0.1, -0.05) is 17.8 Å². The summed E-state index contributed by atoms with van der Waals surface area (Å²) in [5, 5.41) is 9.50. The molecule has 0 unspecified atom stereocenters. The van der Waals surface area contributed by atoms with Crippen LogP contribution in [0.15, 0.2) is 66.2 Å². The van der Waals surface area contributed by atoms with Crippen molar-refractivity contribution in [2.75, 3.05) is 5.75 Å². The van der Waals surface area contributed by atoms with E-state index in [0.29, 0.717) is 10.9 Å². The molecule has 0 atom stereocenters. The highest BCUT2D eigenvalue weighted by molar-refractivity contribution is 7.99. The number of aromatic nitrogens is 5. The fraction of sp³-hybridized carbons (Fsp3) is 0.182. The van der Waals surface area contributed by atoms with Crippen molar-refractivity contribution in [1.29, 1.82) is 0 Å². The maximum atomic E-state index is 12.6. The Balaban J connectivity index is 1.72. The van der Waals surface area contributed by atoms with Crippen molar-refractivity contribution in [2.45, 2.75) is 19.0 Å². The van der Waals surface area contributed by atoms with E-state index in [-0.39, 0.29) is 11.5 Å². The molecule has 0 N–H and O–H groups in total. The molecule has 146 valence electrons. The van der Waals surface area contributed by atoms with Gasteiger partial charge < -0.3 is 4.57 Å². The zero-order valence-electron chi connectivity index (χ0n) is 16.5. The van der Waals surface area contributed by atoms with Gasteiger partial charge in [0.25, 0.3) is 0 Å². The summed E-state index contributed by atoms with van der Waals surface area (Å²) in [6.07, 6.45) is 5.35. The van der Waals surface area contributed by atoms with E-state index in [1.807, 2.05) is 46.6 Å². The van der Waals surface area contributed by atoms with Crippen molar-refractivity contribution in [3.63, 3.8) is 0 Å². The highest BCUT2D eigenvalue weighted by Gasteiger charge is 2.18. The highest BCUT2D eigenvalue weighted by Crippen LogP contribution is 2.29. The Kier molecular flexibility index (Phi) is 5.31. The van der Waals surface area contributed by atoms with Crippen LogP contribution < -0.4 is 0 Å². The Morgan fingerprint density at radius 3 is 2.52 bits per heavy atom. The van der Waals surface area contributed by atoms with Gasteiger partial charge in [0.15, 0.2) is 16.8 Å². The third kappa shape index (κ3) is 3.86. The van der Waals surface area contributed by atoms with Crippen LogP contribution in [-0.2, 0) is 7.05 Å². The van der Waals surface area contributed by atoms with Crippen LogP contribution in [0.1, 0.15) is 21.6 Å². The lowest BCUT2D eigenvalue weighted by molar-refractivity contribution is 0.101. The minimum Gasteiger partial charge on any atom is -0.348 e. The third-order valence-corrected chi connectivity index (χ3v) is 5.81. The van der Waals surface area contributed by atoms with Crippen LogP contribution in [-0.4, -0.2) is 35.9 Å². The number of nitrogens with zero attached hydrogens (tertiary/aromatic N) is 5. The van der Waals surface area contributed by atoms with Crippen LogP contribution in [0.5, 0.6) is 0 Å². The number of hydrogen-bond donors (Lipinski definition) is 0. The average molecular weight is 404 g/mol. The smallest absolute Gasteiger partial charge is 0.196 e. The van der Waals surface area contributed by atoms with Crippen molar-refractivity contribution in [2.24, 2.45) is 7.05 Å². The van der Waals surface area contributed by atoms with Gasteiger partial charge in [-0.25, -0.2) is 0 Å². The molecule has 1 aromatic carbocycles. The maximum Gasteiger partial charge on any atom is 0.196 e. The molecule has 7 heteroatoms. The van der Waals surface area contributed by atoms with Gasteiger partial charge in [-0.15, -0.1) is 10.2 Å². The summed E-state index contributed by atoms with van der Waals surface area (Å²) in [5.74, 6) is 1.07. The Hall–Kier alpha value is -3.19. The van der Waals surface area contributed by atoms with Crippen molar-refractivity contribution in [3.8, 4) is 17.1 Å². The van der Waals surface area contributed by atoms with Gasteiger partial charge >= 0.3 is 0 Å². The molecule has 0 radical (unpaired) electrons. The van der Waals surface area contributed by atoms with Gasteiger partial charge in [0.2, 0.25) is 0 Å². The third-order valence-electron chi connectivity index (χ3n) is 4.88. The zero-order valence-corrected chi connectivity index (χ0v) is 17.3. The summed E-state index contributed by atoms with van der Waals surface area (Å²) in [6, 6.07) is 13.8. The lowest BCUT2D eigenvalue weighted by atomic mass is 10.1. The van der Waals surface area contributed by atoms with E-state index >= 15 is 0 Å². The van der Waals surface area contributed by atoms with E-state index < -0.39 is 0 Å². The molecule has 0 saturated heterocycles. The van der Waals surface area contributed by atoms with Crippen LogP contribution >= 0.6 is 11.8 Å². The normalized spacial score (nSPS) is 11.0. The molecule has 0 amide bonds. The second-order valence-electron chi connectivity index (χ2n) is 6.86. The number of hydrogen-bond acceptors (Lipinski definition) is 5. The van der Waals surface area contributed by atoms with E-state index in [1.165, 1.54) is 22.9 Å². The second-order valence-corrected chi connectivity index (χ2v) is 7.80. The largest absolute Gasteiger partial charge is 0.348 e. The fourth-order valence-electron chi connectivity index (χ4n) is 3.10. The van der Waals surface area contributed by atoms with Crippen LogP contribution in [0, 0.1) is 13.8 Å². The molecule has 0 aliphatic rings. The standard InChI is InChI=1S/C22H21N5OS/c1-15-6-7-18(13-16(15)2)27-21(17-8-10-23-11-9-17)24-25-22(27)29-14-20(28)19-5-4-12-26(19)3/h4-13H,14H2,1-3H3. The quantitative estimate of drug-likeness (QED) is 0.355. The molecule has 3 aromatic heterocycles. The lowest BCUT2D eigenvalue weighted by Gasteiger charge is -2.12. The molecule has 0 saturated carbocycles. The number of benzene rings is 1. The summed E-state index contributed by atoms with van der Waals surface area (Å²) >= 11 is 1.39. The SMILES string of the molecule is Cc1ccc(-n2c(SCC(=O)c3cccn3C)nnc2-c2ccncc2)cc1C. The van der Waals surface area contributed by atoms with Gasteiger partial charge in [-0.2, -0.15) is 0 Å². The molecule has 4 rings (SSSR count). The monoisotopic (exact) mass is 403 g/mol. The average Bonchev–Trinajstić information content (AvgIpc) is 3.35. The molecule has 29 heavy (non-hydrogen) atoms. The van der Waals surface area contributed by atoms with Gasteiger partial charge in [-0.3, -0.25) is 14.3 Å². The van der Waals surface area contributed by atoms with Gasteiger partial charge in [0.1, 0.15) is 0 Å². The van der Waals surface area contributed by atoms with E-state index in [0.717, 1.165) is 17.1 Å². The first-order valence-corrected chi connectivity index (χ1v) is 10.2. The number of thioether (sulfide) groups is 1. The van der Waals surface area contributed by atoms with Crippen LogP contribution in [0.25, 0.3) is 17.1 Å². The number of ketones is 1. The van der Waals surface area contributed by atoms with E-state index in [2.05, 4.69) is 47.2 Å². The predicted octanol–water partition coefficient (Wildman–Crippen LogP) is 4.26. The summed E-state index contributed by atoms with van der Waals surface area (Å²) in [5.41, 5.74) is 4.99. The topological polar surface area (TPSA) is 65.6 Å². The Morgan fingerprint density at radius 2 is 1.83 bits per heavy atom. The van der Waals surface area contributed by atoms with Crippen LogP contribution in [0.3, 0.4) is 0 Å². The van der Waals surface area contributed by atoms with E-state index in [4.69, 9.17) is 0 Å². The summed E-state index contributed by atoms with van der Waals surface area (Å²) in [7, 11) is 1.87. The number of carbonyl (C=O) groups excluding carboxylic acids is 1. The molecule has 3 heterocycles. The molecule has 4 aromatic rings. The summed E-state index contributed by atoms with van der Waals surface area (Å²) < 4.78 is 3.84. The zero-order chi connectivity index (χ0) is 20.4. The van der Waals surface area contributed by atoms with Crippen molar-refractivity contribution >= 4 is 17.5 Å². The molecule has 0 bridgehead atoms. The Bertz CT molecular complexity index is 1160. The molecule has 0 aliphatic carbocycles. The number of carbonyl (C=O) groups is 1. The van der Waals surface area contributed by atoms with Crippen molar-refractivity contribution < 1.29 is 4.79 Å². The van der Waals surface area contributed by atoms with E-state index in [9.17, 15) is 4.79 Å². The minimum absolute atomic E-state index is 0.0580. The molecule has 6 nitrogen and oxygen atoms in total. The summed E-state index contributed by atoms with van der Waals surface area (Å²) in [4.78, 5) is 16.7. The number of Topliss-reactive ketones (excluding diaryl/α,β-unsaturated/α-hetero) is 1. The van der Waals surface area contributed by atoms with Crippen molar-refractivity contribution in [1.82, 2.24) is 24.3 Å². The Labute approximate surface area is 173 Å². The van der Waals surface area contributed by atoms with E-state index in [1.54, 1.807) is 12.4 Å². The second kappa shape index (κ2) is 8.05. The van der Waals surface area contributed by atoms with Crippen LogP contribution in [0.4, 0.5) is 0 Å². The molecular formula is C22H21N5OS. The molecule has 0 spiro atoms. The molecule has 0 aliphatic heterocycles. The fourth-order valence-corrected chi connectivity index (χ4v) is 3.93. The number of pyridine rings is 1. The first kappa shape index (κ1) is 19.1. The maximum absolute atomic E-state index is 12.6. The van der Waals surface area contributed by atoms with Crippen LogP contribution in [0.2, 0.25) is 0 Å². The highest BCUT2D eigenvalue weighted by atomic mass is 32.2. The molecule has 0 fully saturated rings. The lowest BCUT2D eigenvalue weighted by Crippen LogP contribution is -2.09. The first-order valence-electron chi connectivity index (χ1n) is 9.25. The number of aryl methyl sites for hydroxylation is 3. The number of rotatable bonds is 6.